The molecule has 1 N–H and O–H groups in total. The first kappa shape index (κ1) is 21.8. The van der Waals surface area contributed by atoms with Crippen molar-refractivity contribution in [1.29, 1.82) is 0 Å². The van der Waals surface area contributed by atoms with Gasteiger partial charge in [-0.3, -0.25) is 9.59 Å². The van der Waals surface area contributed by atoms with Crippen LogP contribution in [-0.4, -0.2) is 39.0 Å². The number of methoxy groups -OCH3 is 2. The van der Waals surface area contributed by atoms with Crippen molar-refractivity contribution < 1.29 is 28.6 Å². The fraction of sp³-hybridized carbons (Fsp3) is 0.208. The summed E-state index contributed by atoms with van der Waals surface area (Å²) >= 11 is 0. The lowest BCUT2D eigenvalue weighted by Gasteiger charge is -2.17. The van der Waals surface area contributed by atoms with Crippen molar-refractivity contribution in [3.05, 3.63) is 71.3 Å². The SMILES string of the molecule is COc1ccc(C=O)c(C(=O)OCC(=O)N[C@H](C)c2cccc3ccccc23)c1OC. The molecule has 1 amide bonds. The molecule has 0 radical (unpaired) electrons. The summed E-state index contributed by atoms with van der Waals surface area (Å²) in [6, 6.07) is 16.4. The van der Waals surface area contributed by atoms with Crippen LogP contribution in [0.2, 0.25) is 0 Å². The first-order valence-corrected chi connectivity index (χ1v) is 9.64. The van der Waals surface area contributed by atoms with Crippen LogP contribution in [0, 0.1) is 0 Å². The van der Waals surface area contributed by atoms with Gasteiger partial charge in [-0.05, 0) is 35.4 Å². The van der Waals surface area contributed by atoms with Crippen molar-refractivity contribution in [1.82, 2.24) is 5.32 Å². The maximum absolute atomic E-state index is 12.6. The molecule has 7 nitrogen and oxygen atoms in total. The quantitative estimate of drug-likeness (QED) is 0.441. The number of amides is 1. The fourth-order valence-electron chi connectivity index (χ4n) is 3.44. The van der Waals surface area contributed by atoms with E-state index in [-0.39, 0.29) is 28.7 Å². The molecule has 1 atom stereocenters. The van der Waals surface area contributed by atoms with Crippen molar-refractivity contribution in [3.8, 4) is 11.5 Å². The number of rotatable bonds is 8. The Labute approximate surface area is 179 Å². The number of nitrogens with one attached hydrogen (secondary N) is 1. The van der Waals surface area contributed by atoms with Gasteiger partial charge in [0.05, 0.1) is 20.3 Å². The molecule has 3 aromatic rings. The van der Waals surface area contributed by atoms with Crippen molar-refractivity contribution in [2.45, 2.75) is 13.0 Å². The average molecular weight is 421 g/mol. The Hall–Kier alpha value is -3.87. The van der Waals surface area contributed by atoms with Crippen molar-refractivity contribution >= 4 is 28.9 Å². The van der Waals surface area contributed by atoms with Crippen LogP contribution in [0.1, 0.15) is 39.2 Å². The zero-order chi connectivity index (χ0) is 22.4. The molecule has 160 valence electrons. The summed E-state index contributed by atoms with van der Waals surface area (Å²) in [6.45, 7) is 1.35. The Kier molecular flexibility index (Phi) is 6.87. The Morgan fingerprint density at radius 2 is 1.74 bits per heavy atom. The molecule has 0 aliphatic rings. The molecule has 0 saturated carbocycles. The molecule has 0 aliphatic heterocycles. The van der Waals surface area contributed by atoms with Gasteiger partial charge in [0, 0.05) is 5.56 Å². The van der Waals surface area contributed by atoms with Gasteiger partial charge in [0.2, 0.25) is 0 Å². The first-order valence-electron chi connectivity index (χ1n) is 9.64. The lowest BCUT2D eigenvalue weighted by atomic mass is 10.00. The molecular weight excluding hydrogens is 398 g/mol. The smallest absolute Gasteiger partial charge is 0.343 e. The third kappa shape index (κ3) is 4.66. The van der Waals surface area contributed by atoms with Crippen molar-refractivity contribution in [3.63, 3.8) is 0 Å². The standard InChI is InChI=1S/C24H23NO6/c1-15(18-10-6-8-16-7-4-5-9-19(16)18)25-21(27)14-31-24(28)22-17(13-26)11-12-20(29-2)23(22)30-3/h4-13,15H,14H2,1-3H3,(H,25,27)/t15-/m1/s1. The lowest BCUT2D eigenvalue weighted by Crippen LogP contribution is -2.31. The number of esters is 1. The van der Waals surface area contributed by atoms with E-state index < -0.39 is 18.5 Å². The van der Waals surface area contributed by atoms with Crippen LogP contribution in [0.5, 0.6) is 11.5 Å². The zero-order valence-electron chi connectivity index (χ0n) is 17.5. The highest BCUT2D eigenvalue weighted by Gasteiger charge is 2.23. The molecular formula is C24H23NO6. The van der Waals surface area contributed by atoms with Gasteiger partial charge in [-0.1, -0.05) is 42.5 Å². The Balaban J connectivity index is 1.71. The molecule has 0 bridgehead atoms. The summed E-state index contributed by atoms with van der Waals surface area (Å²) in [5, 5.41) is 4.94. The van der Waals surface area contributed by atoms with Gasteiger partial charge >= 0.3 is 5.97 Å². The van der Waals surface area contributed by atoms with Crippen LogP contribution in [0.25, 0.3) is 10.8 Å². The number of carbonyl (C=O) groups is 3. The summed E-state index contributed by atoms with van der Waals surface area (Å²) < 4.78 is 15.5. The highest BCUT2D eigenvalue weighted by molar-refractivity contribution is 6.02. The van der Waals surface area contributed by atoms with Crippen LogP contribution in [0.3, 0.4) is 0 Å². The van der Waals surface area contributed by atoms with Crippen LogP contribution in [0.15, 0.2) is 54.6 Å². The largest absolute Gasteiger partial charge is 0.493 e. The third-order valence-electron chi connectivity index (χ3n) is 4.91. The minimum absolute atomic E-state index is 0.0710. The van der Waals surface area contributed by atoms with E-state index >= 15 is 0 Å². The van der Waals surface area contributed by atoms with Crippen molar-refractivity contribution in [2.75, 3.05) is 20.8 Å². The number of ether oxygens (including phenoxy) is 3. The van der Waals surface area contributed by atoms with Crippen LogP contribution in [-0.2, 0) is 9.53 Å². The number of hydrogen-bond acceptors (Lipinski definition) is 6. The number of fused-ring (bicyclic) bond motifs is 1. The van der Waals surface area contributed by atoms with Gasteiger partial charge in [0.25, 0.3) is 5.91 Å². The van der Waals surface area contributed by atoms with Gasteiger partial charge < -0.3 is 19.5 Å². The van der Waals surface area contributed by atoms with E-state index in [0.29, 0.717) is 6.29 Å². The molecule has 3 aromatic carbocycles. The van der Waals surface area contributed by atoms with Crippen molar-refractivity contribution in [2.24, 2.45) is 0 Å². The molecule has 0 fully saturated rings. The van der Waals surface area contributed by atoms with Gasteiger partial charge in [-0.25, -0.2) is 4.79 Å². The average Bonchev–Trinajstić information content (AvgIpc) is 2.80. The molecule has 0 spiro atoms. The monoisotopic (exact) mass is 421 g/mol. The van der Waals surface area contributed by atoms with E-state index in [1.54, 1.807) is 0 Å². The number of aldehydes is 1. The maximum atomic E-state index is 12.6. The van der Waals surface area contributed by atoms with E-state index in [0.717, 1.165) is 16.3 Å². The topological polar surface area (TPSA) is 90.9 Å². The zero-order valence-corrected chi connectivity index (χ0v) is 17.5. The van der Waals surface area contributed by atoms with Gasteiger partial charge in [-0.2, -0.15) is 0 Å². The van der Waals surface area contributed by atoms with Crippen LogP contribution in [0.4, 0.5) is 0 Å². The molecule has 0 unspecified atom stereocenters. The maximum Gasteiger partial charge on any atom is 0.343 e. The molecule has 0 aromatic heterocycles. The number of carbonyl (C=O) groups excluding carboxylic acids is 3. The molecule has 0 saturated heterocycles. The molecule has 0 heterocycles. The fourth-order valence-corrected chi connectivity index (χ4v) is 3.44. The van der Waals surface area contributed by atoms with E-state index in [2.05, 4.69) is 5.32 Å². The summed E-state index contributed by atoms with van der Waals surface area (Å²) in [4.78, 5) is 36.4. The summed E-state index contributed by atoms with van der Waals surface area (Å²) in [7, 11) is 2.76. The van der Waals surface area contributed by atoms with Crippen LogP contribution < -0.4 is 14.8 Å². The van der Waals surface area contributed by atoms with E-state index in [1.807, 2.05) is 49.4 Å². The summed E-state index contributed by atoms with van der Waals surface area (Å²) in [5.41, 5.74) is 0.939. The Morgan fingerprint density at radius 1 is 1.00 bits per heavy atom. The Bertz CT molecular complexity index is 1120. The Morgan fingerprint density at radius 3 is 2.45 bits per heavy atom. The highest BCUT2D eigenvalue weighted by atomic mass is 16.5. The predicted octanol–water partition coefficient (Wildman–Crippen LogP) is 3.70. The van der Waals surface area contributed by atoms with Gasteiger partial charge in [0.15, 0.2) is 24.4 Å². The molecule has 3 rings (SSSR count). The van der Waals surface area contributed by atoms with Gasteiger partial charge in [0.1, 0.15) is 5.56 Å². The predicted molar refractivity (Wildman–Crippen MR) is 116 cm³/mol. The van der Waals surface area contributed by atoms with E-state index in [1.165, 1.54) is 26.4 Å². The highest BCUT2D eigenvalue weighted by Crippen LogP contribution is 2.33. The molecule has 7 heteroatoms. The van der Waals surface area contributed by atoms with Gasteiger partial charge in [-0.15, -0.1) is 0 Å². The molecule has 31 heavy (non-hydrogen) atoms. The second-order valence-corrected chi connectivity index (χ2v) is 6.82. The third-order valence-corrected chi connectivity index (χ3v) is 4.91. The minimum atomic E-state index is -0.856. The second kappa shape index (κ2) is 9.75. The number of hydrogen-bond donors (Lipinski definition) is 1. The molecule has 0 aliphatic carbocycles. The number of benzene rings is 3. The second-order valence-electron chi connectivity index (χ2n) is 6.82. The summed E-state index contributed by atoms with van der Waals surface area (Å²) in [5.74, 6) is -0.982. The van der Waals surface area contributed by atoms with E-state index in [9.17, 15) is 14.4 Å². The normalized spacial score (nSPS) is 11.5. The lowest BCUT2D eigenvalue weighted by molar-refractivity contribution is -0.124. The summed E-state index contributed by atoms with van der Waals surface area (Å²) in [6.07, 6.45) is 0.515. The first-order chi connectivity index (χ1) is 15.0. The van der Waals surface area contributed by atoms with E-state index in [4.69, 9.17) is 14.2 Å². The minimum Gasteiger partial charge on any atom is -0.493 e. The van der Waals surface area contributed by atoms with Crippen LogP contribution >= 0.6 is 0 Å².